The third-order valence-electron chi connectivity index (χ3n) is 7.42. The zero-order valence-corrected chi connectivity index (χ0v) is 24.0. The second kappa shape index (κ2) is 15.9. The lowest BCUT2D eigenvalue weighted by Gasteiger charge is -2.31. The van der Waals surface area contributed by atoms with Crippen molar-refractivity contribution in [2.45, 2.75) is 96.9 Å². The lowest BCUT2D eigenvalue weighted by molar-refractivity contribution is 0.1000. The average molecular weight is 531 g/mol. The van der Waals surface area contributed by atoms with Crippen LogP contribution in [0.5, 0.6) is 0 Å². The van der Waals surface area contributed by atoms with Crippen molar-refractivity contribution < 1.29 is 9.32 Å². The van der Waals surface area contributed by atoms with Gasteiger partial charge in [0.25, 0.3) is 0 Å². The number of hydrogen-bond donors (Lipinski definition) is 2. The number of nitrogens with zero attached hydrogens (tertiary/aromatic N) is 2. The van der Waals surface area contributed by atoms with Crippen molar-refractivity contribution in [3.05, 3.63) is 95.3 Å². The molecule has 1 saturated carbocycles. The summed E-state index contributed by atoms with van der Waals surface area (Å²) in [4.78, 5) is 15.7. The molecule has 2 aromatic carbocycles. The summed E-state index contributed by atoms with van der Waals surface area (Å²) >= 11 is 0. The molecular weight excluding hydrogens is 484 g/mol. The molecule has 1 heterocycles. The van der Waals surface area contributed by atoms with Crippen LogP contribution in [0, 0.1) is 5.92 Å². The molecule has 1 aromatic heterocycles. The Bertz CT molecular complexity index is 1150. The maximum atomic E-state index is 11.2. The van der Waals surface area contributed by atoms with E-state index in [1.165, 1.54) is 43.4 Å². The van der Waals surface area contributed by atoms with Crippen LogP contribution >= 0.6 is 0 Å². The molecule has 0 spiro atoms. The zero-order chi connectivity index (χ0) is 28.0. The van der Waals surface area contributed by atoms with Gasteiger partial charge in [0.1, 0.15) is 0 Å². The first-order valence-electron chi connectivity index (χ1n) is 14.7. The summed E-state index contributed by atoms with van der Waals surface area (Å²) in [6.45, 7) is 10.8. The monoisotopic (exact) mass is 530 g/mol. The van der Waals surface area contributed by atoms with Gasteiger partial charge in [0, 0.05) is 23.6 Å². The van der Waals surface area contributed by atoms with Crippen molar-refractivity contribution in [3.8, 4) is 0 Å². The number of primary amides is 1. The molecule has 6 heteroatoms. The standard InChI is InChI=1S/C17H23N3O2.C16H23N/c1-3-6-13(7-4-2)17-19-15(20-22-17)11-12-8-5-9-14(10-12)16(18)21;1-3-8-16(15-9-5-4-6-10-15)17-13(2)14-11-7-12-14/h5,8-10,13H,3-4,6-7,11H2,1-2H3,(H2,18,21);4-6,9-10,14,16-17H,2-3,7-8,11-12H2,1H3. The van der Waals surface area contributed by atoms with Crippen LogP contribution < -0.4 is 11.1 Å². The minimum atomic E-state index is -0.429. The van der Waals surface area contributed by atoms with Crippen molar-refractivity contribution in [1.29, 1.82) is 0 Å². The summed E-state index contributed by atoms with van der Waals surface area (Å²) in [5.74, 6) is 2.01. The Kier molecular flexibility index (Phi) is 12.3. The minimum absolute atomic E-state index is 0.341. The highest BCUT2D eigenvalue weighted by atomic mass is 16.5. The van der Waals surface area contributed by atoms with Crippen LogP contribution in [0.1, 0.15) is 124 Å². The van der Waals surface area contributed by atoms with Gasteiger partial charge < -0.3 is 15.6 Å². The number of nitrogens with two attached hydrogens (primary N) is 1. The third kappa shape index (κ3) is 9.38. The summed E-state index contributed by atoms with van der Waals surface area (Å²) in [6, 6.07) is 18.4. The van der Waals surface area contributed by atoms with Gasteiger partial charge in [-0.1, -0.05) is 101 Å². The molecule has 1 atom stereocenters. The molecule has 3 aromatic rings. The van der Waals surface area contributed by atoms with Gasteiger partial charge in [-0.2, -0.15) is 4.98 Å². The SMILES string of the molecule is C=C(NC(CCC)c1ccccc1)C1CCC1.CCCC(CCC)c1nc(Cc2cccc(C(N)=O)c2)no1. The molecule has 3 N–H and O–H groups in total. The van der Waals surface area contributed by atoms with Gasteiger partial charge in [-0.3, -0.25) is 4.79 Å². The van der Waals surface area contributed by atoms with E-state index in [1.807, 2.05) is 12.1 Å². The number of nitrogens with one attached hydrogen (secondary N) is 1. The summed E-state index contributed by atoms with van der Waals surface area (Å²) in [6.07, 6.45) is 11.2. The third-order valence-corrected chi connectivity index (χ3v) is 7.42. The molecule has 6 nitrogen and oxygen atoms in total. The molecule has 1 aliphatic carbocycles. The topological polar surface area (TPSA) is 94.0 Å². The lowest BCUT2D eigenvalue weighted by atomic mass is 9.83. The van der Waals surface area contributed by atoms with E-state index in [2.05, 4.69) is 73.1 Å². The van der Waals surface area contributed by atoms with Gasteiger partial charge in [-0.15, -0.1) is 0 Å². The summed E-state index contributed by atoms with van der Waals surface area (Å²) < 4.78 is 5.43. The van der Waals surface area contributed by atoms with Crippen LogP contribution in [-0.2, 0) is 6.42 Å². The fraction of sp³-hybridized carbons (Fsp3) is 0.485. The highest BCUT2D eigenvalue weighted by molar-refractivity contribution is 5.92. The molecule has 0 bridgehead atoms. The second-order valence-electron chi connectivity index (χ2n) is 10.6. The van der Waals surface area contributed by atoms with E-state index in [0.717, 1.165) is 43.1 Å². The zero-order valence-electron chi connectivity index (χ0n) is 24.0. The molecule has 4 rings (SSSR count). The molecule has 39 heavy (non-hydrogen) atoms. The molecule has 0 saturated heterocycles. The molecule has 1 unspecified atom stereocenters. The van der Waals surface area contributed by atoms with Crippen molar-refractivity contribution in [3.63, 3.8) is 0 Å². The van der Waals surface area contributed by atoms with E-state index in [-0.39, 0.29) is 0 Å². The van der Waals surface area contributed by atoms with Crippen LogP contribution in [-0.4, -0.2) is 16.0 Å². The minimum Gasteiger partial charge on any atom is -0.382 e. The molecule has 1 fully saturated rings. The fourth-order valence-corrected chi connectivity index (χ4v) is 5.00. The van der Waals surface area contributed by atoms with Gasteiger partial charge >= 0.3 is 0 Å². The Morgan fingerprint density at radius 1 is 1.03 bits per heavy atom. The van der Waals surface area contributed by atoms with E-state index in [1.54, 1.807) is 12.1 Å². The normalized spacial score (nSPS) is 13.7. The maximum Gasteiger partial charge on any atom is 0.248 e. The highest BCUT2D eigenvalue weighted by Gasteiger charge is 2.22. The maximum absolute atomic E-state index is 11.2. The van der Waals surface area contributed by atoms with E-state index in [0.29, 0.717) is 29.8 Å². The Morgan fingerprint density at radius 2 is 1.72 bits per heavy atom. The average Bonchev–Trinajstić information content (AvgIpc) is 3.36. The quantitative estimate of drug-likeness (QED) is 0.221. The first-order chi connectivity index (χ1) is 18.9. The summed E-state index contributed by atoms with van der Waals surface area (Å²) in [5.41, 5.74) is 9.38. The smallest absolute Gasteiger partial charge is 0.248 e. The largest absolute Gasteiger partial charge is 0.382 e. The van der Waals surface area contributed by atoms with Crippen LogP contribution in [0.2, 0.25) is 0 Å². The number of amides is 1. The lowest BCUT2D eigenvalue weighted by Crippen LogP contribution is -2.27. The van der Waals surface area contributed by atoms with Gasteiger partial charge in [0.05, 0.1) is 6.04 Å². The van der Waals surface area contributed by atoms with Crippen LogP contribution in [0.25, 0.3) is 0 Å². The molecule has 0 radical (unpaired) electrons. The Morgan fingerprint density at radius 3 is 2.31 bits per heavy atom. The Hall–Kier alpha value is -3.41. The second-order valence-corrected chi connectivity index (χ2v) is 10.6. The van der Waals surface area contributed by atoms with E-state index in [4.69, 9.17) is 10.3 Å². The van der Waals surface area contributed by atoms with Crippen molar-refractivity contribution >= 4 is 5.91 Å². The van der Waals surface area contributed by atoms with Crippen molar-refractivity contribution in [2.75, 3.05) is 0 Å². The van der Waals surface area contributed by atoms with Gasteiger partial charge in [0.15, 0.2) is 5.82 Å². The number of hydrogen-bond acceptors (Lipinski definition) is 5. The number of aromatic nitrogens is 2. The van der Waals surface area contributed by atoms with Crippen molar-refractivity contribution in [1.82, 2.24) is 15.5 Å². The predicted octanol–water partition coefficient (Wildman–Crippen LogP) is 7.87. The van der Waals surface area contributed by atoms with Gasteiger partial charge in [0.2, 0.25) is 11.8 Å². The van der Waals surface area contributed by atoms with E-state index in [9.17, 15) is 4.79 Å². The van der Waals surface area contributed by atoms with Crippen LogP contribution in [0.3, 0.4) is 0 Å². The number of rotatable bonds is 14. The molecular formula is C33H46N4O2. The Balaban J connectivity index is 0.000000223. The number of allylic oxidation sites excluding steroid dienone is 1. The highest BCUT2D eigenvalue weighted by Crippen LogP contribution is 2.33. The van der Waals surface area contributed by atoms with Gasteiger partial charge in [-0.05, 0) is 61.3 Å². The fourth-order valence-electron chi connectivity index (χ4n) is 5.00. The van der Waals surface area contributed by atoms with E-state index >= 15 is 0 Å². The Labute approximate surface area is 234 Å². The predicted molar refractivity (Wildman–Crippen MR) is 158 cm³/mol. The number of carbonyl (C=O) groups is 1. The summed E-state index contributed by atoms with van der Waals surface area (Å²) in [5, 5.41) is 7.71. The molecule has 0 aliphatic heterocycles. The molecule has 1 aliphatic rings. The van der Waals surface area contributed by atoms with Gasteiger partial charge in [-0.25, -0.2) is 0 Å². The van der Waals surface area contributed by atoms with Crippen molar-refractivity contribution in [2.24, 2.45) is 11.7 Å². The van der Waals surface area contributed by atoms with E-state index < -0.39 is 5.91 Å². The van der Waals surface area contributed by atoms with Crippen LogP contribution in [0.15, 0.2) is 71.4 Å². The van der Waals surface area contributed by atoms with Crippen LogP contribution in [0.4, 0.5) is 0 Å². The number of carbonyl (C=O) groups excluding carboxylic acids is 1. The molecule has 1 amide bonds. The first-order valence-corrected chi connectivity index (χ1v) is 14.7. The first kappa shape index (κ1) is 30.1. The summed E-state index contributed by atoms with van der Waals surface area (Å²) in [7, 11) is 0. The number of benzene rings is 2. The molecule has 210 valence electrons.